The summed E-state index contributed by atoms with van der Waals surface area (Å²) in [5.41, 5.74) is 7.79. The van der Waals surface area contributed by atoms with E-state index in [2.05, 4.69) is 17.2 Å². The van der Waals surface area contributed by atoms with Gasteiger partial charge >= 0.3 is 0 Å². The molecule has 0 fully saturated rings. The number of hydrogen-bond donors (Lipinski definition) is 2. The topological polar surface area (TPSA) is 68.0 Å². The first-order valence-corrected chi connectivity index (χ1v) is 7.08. The lowest BCUT2D eigenvalue weighted by Crippen LogP contribution is -2.40. The first kappa shape index (κ1) is 14.5. The van der Waals surface area contributed by atoms with Crippen LogP contribution in [0.15, 0.2) is 36.5 Å². The minimum absolute atomic E-state index is 0.0913. The number of nitrogens with one attached hydrogen (secondary N) is 1. The third kappa shape index (κ3) is 3.54. The van der Waals surface area contributed by atoms with E-state index in [-0.39, 0.29) is 5.91 Å². The molecular formula is C16H21N3O. The summed E-state index contributed by atoms with van der Waals surface area (Å²) in [6.45, 7) is 2.55. The van der Waals surface area contributed by atoms with Crippen molar-refractivity contribution in [3.8, 4) is 0 Å². The van der Waals surface area contributed by atoms with Crippen molar-refractivity contribution in [2.75, 3.05) is 0 Å². The number of benzene rings is 1. The Hall–Kier alpha value is -1.94. The second-order valence-corrected chi connectivity index (χ2v) is 4.96. The fraction of sp³-hybridized carbons (Fsp3) is 0.375. The number of amides is 1. The van der Waals surface area contributed by atoms with Gasteiger partial charge in [-0.25, -0.2) is 0 Å². The maximum atomic E-state index is 11.9. The predicted molar refractivity (Wildman–Crippen MR) is 81.1 cm³/mol. The Kier molecular flexibility index (Phi) is 5.07. The van der Waals surface area contributed by atoms with Crippen molar-refractivity contribution >= 4 is 16.8 Å². The maximum Gasteiger partial charge on any atom is 0.237 e. The number of unbranched alkanes of at least 4 members (excludes halogenated alkanes) is 1. The van der Waals surface area contributed by atoms with E-state index in [1.165, 1.54) is 0 Å². The molecule has 0 bridgehead atoms. The van der Waals surface area contributed by atoms with Crippen LogP contribution >= 0.6 is 0 Å². The Morgan fingerprint density at radius 3 is 2.95 bits per heavy atom. The molecule has 3 N–H and O–H groups in total. The lowest BCUT2D eigenvalue weighted by Gasteiger charge is -2.12. The Morgan fingerprint density at radius 1 is 1.35 bits per heavy atom. The van der Waals surface area contributed by atoms with Crippen molar-refractivity contribution in [1.29, 1.82) is 0 Å². The molecule has 0 radical (unpaired) electrons. The van der Waals surface area contributed by atoms with E-state index in [0.717, 1.165) is 35.7 Å². The largest absolute Gasteiger partial charge is 0.351 e. The molecule has 4 heteroatoms. The van der Waals surface area contributed by atoms with E-state index in [1.54, 1.807) is 6.20 Å². The average molecular weight is 271 g/mol. The van der Waals surface area contributed by atoms with E-state index in [1.807, 2.05) is 30.3 Å². The van der Waals surface area contributed by atoms with Crippen LogP contribution < -0.4 is 11.1 Å². The van der Waals surface area contributed by atoms with Gasteiger partial charge < -0.3 is 11.1 Å². The van der Waals surface area contributed by atoms with Crippen molar-refractivity contribution < 1.29 is 4.79 Å². The van der Waals surface area contributed by atoms with Gasteiger partial charge in [-0.3, -0.25) is 9.78 Å². The van der Waals surface area contributed by atoms with Crippen LogP contribution in [0.5, 0.6) is 0 Å². The molecule has 1 aromatic heterocycles. The molecule has 0 saturated carbocycles. The molecule has 4 nitrogen and oxygen atoms in total. The van der Waals surface area contributed by atoms with Crippen LogP contribution in [-0.4, -0.2) is 16.9 Å². The summed E-state index contributed by atoms with van der Waals surface area (Å²) in [5, 5.41) is 3.97. The van der Waals surface area contributed by atoms with E-state index in [0.29, 0.717) is 6.54 Å². The van der Waals surface area contributed by atoms with Crippen molar-refractivity contribution in [3.05, 3.63) is 42.1 Å². The van der Waals surface area contributed by atoms with Crippen LogP contribution in [0.4, 0.5) is 0 Å². The molecule has 1 heterocycles. The highest BCUT2D eigenvalue weighted by Crippen LogP contribution is 2.15. The predicted octanol–water partition coefficient (Wildman–Crippen LogP) is 2.37. The Labute approximate surface area is 119 Å². The number of para-hydroxylation sites is 1. The molecule has 106 valence electrons. The average Bonchev–Trinajstić information content (AvgIpc) is 2.50. The molecule has 0 aliphatic carbocycles. The molecule has 1 aromatic carbocycles. The van der Waals surface area contributed by atoms with Crippen molar-refractivity contribution in [2.24, 2.45) is 5.73 Å². The highest BCUT2D eigenvalue weighted by Gasteiger charge is 2.12. The maximum absolute atomic E-state index is 11.9. The lowest BCUT2D eigenvalue weighted by atomic mass is 10.1. The van der Waals surface area contributed by atoms with Gasteiger partial charge in [0.25, 0.3) is 0 Å². The van der Waals surface area contributed by atoms with E-state index in [4.69, 9.17) is 5.73 Å². The van der Waals surface area contributed by atoms with Crippen LogP contribution in [0.25, 0.3) is 10.9 Å². The number of hydrogen-bond acceptors (Lipinski definition) is 3. The standard InChI is InChI=1S/C16H21N3O/c1-2-3-9-14(17)16(20)19-11-13-7-4-6-12-8-5-10-18-15(12)13/h4-8,10,14H,2-3,9,11,17H2,1H3,(H,19,20). The molecule has 0 saturated heterocycles. The fourth-order valence-electron chi connectivity index (χ4n) is 2.18. The van der Waals surface area contributed by atoms with Gasteiger partial charge in [0.05, 0.1) is 11.6 Å². The van der Waals surface area contributed by atoms with Crippen LogP contribution in [0, 0.1) is 0 Å². The van der Waals surface area contributed by atoms with Crippen molar-refractivity contribution in [2.45, 2.75) is 38.8 Å². The van der Waals surface area contributed by atoms with Crippen LogP contribution in [0.3, 0.4) is 0 Å². The van der Waals surface area contributed by atoms with Crippen molar-refractivity contribution in [1.82, 2.24) is 10.3 Å². The molecule has 1 amide bonds. The molecule has 20 heavy (non-hydrogen) atoms. The molecular weight excluding hydrogens is 250 g/mol. The van der Waals surface area contributed by atoms with Gasteiger partial charge in [0.2, 0.25) is 5.91 Å². The smallest absolute Gasteiger partial charge is 0.237 e. The summed E-state index contributed by atoms with van der Waals surface area (Å²) in [5.74, 6) is -0.0913. The summed E-state index contributed by atoms with van der Waals surface area (Å²) in [6.07, 6.45) is 4.52. The Balaban J connectivity index is 2.01. The number of aromatic nitrogens is 1. The number of fused-ring (bicyclic) bond motifs is 1. The molecule has 0 aliphatic rings. The first-order chi connectivity index (χ1) is 9.72. The number of nitrogens with two attached hydrogens (primary N) is 1. The molecule has 0 aliphatic heterocycles. The number of pyridine rings is 1. The van der Waals surface area contributed by atoms with Crippen LogP contribution in [0.1, 0.15) is 31.7 Å². The summed E-state index contributed by atoms with van der Waals surface area (Å²) in [7, 11) is 0. The second kappa shape index (κ2) is 7.01. The van der Waals surface area contributed by atoms with Crippen LogP contribution in [-0.2, 0) is 11.3 Å². The minimum Gasteiger partial charge on any atom is -0.351 e. The molecule has 0 spiro atoms. The quantitative estimate of drug-likeness (QED) is 0.847. The Morgan fingerprint density at radius 2 is 2.15 bits per heavy atom. The van der Waals surface area contributed by atoms with Gasteiger partial charge in [0.1, 0.15) is 0 Å². The number of nitrogens with zero attached hydrogens (tertiary/aromatic N) is 1. The third-order valence-electron chi connectivity index (χ3n) is 3.37. The van der Waals surface area contributed by atoms with Gasteiger partial charge in [-0.05, 0) is 18.1 Å². The zero-order chi connectivity index (χ0) is 14.4. The number of rotatable bonds is 6. The second-order valence-electron chi connectivity index (χ2n) is 4.96. The normalized spacial score (nSPS) is 12.3. The van der Waals surface area contributed by atoms with Gasteiger partial charge in [0, 0.05) is 18.1 Å². The fourth-order valence-corrected chi connectivity index (χ4v) is 2.18. The number of carbonyl (C=O) groups is 1. The summed E-state index contributed by atoms with van der Waals surface area (Å²) < 4.78 is 0. The van der Waals surface area contributed by atoms with Crippen LogP contribution in [0.2, 0.25) is 0 Å². The molecule has 1 unspecified atom stereocenters. The summed E-state index contributed by atoms with van der Waals surface area (Å²) >= 11 is 0. The van der Waals surface area contributed by atoms with Gasteiger partial charge in [-0.2, -0.15) is 0 Å². The van der Waals surface area contributed by atoms with Gasteiger partial charge in [-0.15, -0.1) is 0 Å². The zero-order valence-corrected chi connectivity index (χ0v) is 11.8. The summed E-state index contributed by atoms with van der Waals surface area (Å²) in [6, 6.07) is 9.47. The highest BCUT2D eigenvalue weighted by atomic mass is 16.2. The highest BCUT2D eigenvalue weighted by molar-refractivity contribution is 5.84. The SMILES string of the molecule is CCCCC(N)C(=O)NCc1cccc2cccnc12. The molecule has 2 aromatic rings. The monoisotopic (exact) mass is 271 g/mol. The van der Waals surface area contributed by atoms with Gasteiger partial charge in [0.15, 0.2) is 0 Å². The van der Waals surface area contributed by atoms with E-state index < -0.39 is 6.04 Å². The van der Waals surface area contributed by atoms with E-state index >= 15 is 0 Å². The molecule has 1 atom stereocenters. The molecule has 2 rings (SSSR count). The Bertz CT molecular complexity index is 577. The third-order valence-corrected chi connectivity index (χ3v) is 3.37. The summed E-state index contributed by atoms with van der Waals surface area (Å²) in [4.78, 5) is 16.3. The minimum atomic E-state index is -0.419. The van der Waals surface area contributed by atoms with Crippen molar-refractivity contribution in [3.63, 3.8) is 0 Å². The lowest BCUT2D eigenvalue weighted by molar-refractivity contribution is -0.122. The zero-order valence-electron chi connectivity index (χ0n) is 11.8. The number of carbonyl (C=O) groups excluding carboxylic acids is 1. The van der Waals surface area contributed by atoms with E-state index in [9.17, 15) is 4.79 Å². The van der Waals surface area contributed by atoms with Gasteiger partial charge in [-0.1, -0.05) is 44.0 Å². The first-order valence-electron chi connectivity index (χ1n) is 7.08.